The van der Waals surface area contributed by atoms with Crippen molar-refractivity contribution in [2.75, 3.05) is 32.7 Å². The third-order valence-electron chi connectivity index (χ3n) is 13.2. The predicted octanol–water partition coefficient (Wildman–Crippen LogP) is 5.17. The Morgan fingerprint density at radius 1 is 1.05 bits per heavy atom. The Kier molecular flexibility index (Phi) is 6.85. The first-order valence-electron chi connectivity index (χ1n) is 15.8. The third-order valence-corrected chi connectivity index (χ3v) is 13.2. The Morgan fingerprint density at radius 2 is 1.78 bits per heavy atom. The second-order valence-corrected chi connectivity index (χ2v) is 14.7. The topological polar surface area (TPSA) is 49.8 Å². The highest BCUT2D eigenvalue weighted by Crippen LogP contribution is 2.67. The molecule has 10 atom stereocenters. The maximum absolute atomic E-state index is 12.5. The van der Waals surface area contributed by atoms with Crippen LogP contribution in [0, 0.1) is 34.5 Å². The number of aliphatic hydroxyl groups is 1. The molecule has 2 saturated heterocycles. The lowest BCUT2D eigenvalue weighted by molar-refractivity contribution is -0.937. The highest BCUT2D eigenvalue weighted by atomic mass is 16.5. The Labute approximate surface area is 225 Å². The third kappa shape index (κ3) is 4.08. The van der Waals surface area contributed by atoms with Crippen LogP contribution in [0.4, 0.5) is 0 Å². The van der Waals surface area contributed by atoms with Gasteiger partial charge in [0, 0.05) is 37.6 Å². The molecule has 0 radical (unpaired) electrons. The van der Waals surface area contributed by atoms with Crippen LogP contribution in [0.2, 0.25) is 0 Å². The van der Waals surface area contributed by atoms with E-state index in [1.165, 1.54) is 90.4 Å². The molecule has 2 aliphatic heterocycles. The average molecular weight is 514 g/mol. The van der Waals surface area contributed by atoms with E-state index >= 15 is 0 Å². The van der Waals surface area contributed by atoms with E-state index in [-0.39, 0.29) is 23.6 Å². The number of hydrogen-bond donors (Lipinski definition) is 1. The van der Waals surface area contributed by atoms with E-state index in [2.05, 4.69) is 31.4 Å². The molecule has 6 unspecified atom stereocenters. The molecule has 0 bridgehead atoms. The maximum atomic E-state index is 12.5. The number of rotatable bonds is 5. The van der Waals surface area contributed by atoms with Crippen LogP contribution >= 0.6 is 0 Å². The molecular formula is C32H53N2O3+. The molecule has 4 saturated carbocycles. The Bertz CT molecular complexity index is 879. The number of likely N-dealkylation sites (tertiary alicyclic amines) is 2. The number of carbonyl (C=O) groups is 1. The van der Waals surface area contributed by atoms with Crippen molar-refractivity contribution in [3.63, 3.8) is 0 Å². The average Bonchev–Trinajstić information content (AvgIpc) is 3.60. The summed E-state index contributed by atoms with van der Waals surface area (Å²) in [6.07, 6.45) is 15.6. The molecule has 5 nitrogen and oxygen atoms in total. The Hall–Kier alpha value is -0.910. The number of ether oxygens (including phenoxy) is 1. The highest BCUT2D eigenvalue weighted by molar-refractivity contribution is 5.66. The second-order valence-electron chi connectivity index (χ2n) is 14.7. The van der Waals surface area contributed by atoms with Crippen molar-refractivity contribution in [3.8, 4) is 0 Å². The molecule has 1 N–H and O–H groups in total. The first-order valence-corrected chi connectivity index (χ1v) is 15.8. The van der Waals surface area contributed by atoms with Crippen molar-refractivity contribution in [2.24, 2.45) is 34.5 Å². The van der Waals surface area contributed by atoms with Crippen LogP contribution in [0.1, 0.15) is 91.4 Å². The standard InChI is InChI=1S/C32H53N2O3/c1-5-16-34(17-8-9-18-34)28-20-26-24-11-10-23-19-29(36)27(33-14-6-7-15-33)21-32(23,4)25(24)12-13-31(26,3)30(28)37-22(2)35/h5,23-30,36H,1,6-21H2,2-4H3/q+1/t23?,24?,25?,26?,27?,28?,29-,30-,31-,32-/m0/s1. The minimum Gasteiger partial charge on any atom is -0.456 e. The molecule has 0 aromatic heterocycles. The van der Waals surface area contributed by atoms with E-state index in [0.29, 0.717) is 29.3 Å². The zero-order valence-corrected chi connectivity index (χ0v) is 23.9. The smallest absolute Gasteiger partial charge is 0.303 e. The van der Waals surface area contributed by atoms with Crippen molar-refractivity contribution < 1.29 is 19.1 Å². The monoisotopic (exact) mass is 513 g/mol. The van der Waals surface area contributed by atoms with Gasteiger partial charge in [-0.15, -0.1) is 0 Å². The molecule has 0 spiro atoms. The van der Waals surface area contributed by atoms with Crippen LogP contribution in [0.25, 0.3) is 0 Å². The summed E-state index contributed by atoms with van der Waals surface area (Å²) in [4.78, 5) is 15.1. The molecule has 6 fully saturated rings. The first-order chi connectivity index (χ1) is 17.7. The van der Waals surface area contributed by atoms with Crippen LogP contribution in [0.5, 0.6) is 0 Å². The molecule has 0 amide bonds. The number of esters is 1. The molecule has 0 aromatic carbocycles. The van der Waals surface area contributed by atoms with Crippen molar-refractivity contribution in [3.05, 3.63) is 12.7 Å². The minimum absolute atomic E-state index is 0.0325. The lowest BCUT2D eigenvalue weighted by Gasteiger charge is -2.62. The molecule has 6 rings (SSSR count). The Balaban J connectivity index is 1.31. The molecular weight excluding hydrogens is 460 g/mol. The number of fused-ring (bicyclic) bond motifs is 5. The molecule has 2 heterocycles. The summed E-state index contributed by atoms with van der Waals surface area (Å²) in [5.41, 5.74) is 0.408. The van der Waals surface area contributed by atoms with Gasteiger partial charge in [-0.05, 0) is 99.6 Å². The van der Waals surface area contributed by atoms with Crippen molar-refractivity contribution in [2.45, 2.75) is 116 Å². The quantitative estimate of drug-likeness (QED) is 0.313. The second kappa shape index (κ2) is 9.63. The van der Waals surface area contributed by atoms with Crippen molar-refractivity contribution in [1.82, 2.24) is 4.90 Å². The van der Waals surface area contributed by atoms with Gasteiger partial charge in [0.15, 0.2) is 6.10 Å². The van der Waals surface area contributed by atoms with Crippen LogP contribution in [-0.2, 0) is 9.53 Å². The fraction of sp³-hybridized carbons (Fsp3) is 0.906. The molecule has 208 valence electrons. The summed E-state index contributed by atoms with van der Waals surface area (Å²) >= 11 is 0. The maximum Gasteiger partial charge on any atom is 0.303 e. The van der Waals surface area contributed by atoms with Crippen LogP contribution in [-0.4, -0.2) is 77.5 Å². The number of carbonyl (C=O) groups excluding carboxylic acids is 1. The Morgan fingerprint density at radius 3 is 2.46 bits per heavy atom. The van der Waals surface area contributed by atoms with Crippen molar-refractivity contribution >= 4 is 5.97 Å². The van der Waals surface area contributed by atoms with Gasteiger partial charge in [-0.25, -0.2) is 0 Å². The van der Waals surface area contributed by atoms with Gasteiger partial charge in [0.2, 0.25) is 0 Å². The van der Waals surface area contributed by atoms with Crippen molar-refractivity contribution in [1.29, 1.82) is 0 Å². The van der Waals surface area contributed by atoms with E-state index in [0.717, 1.165) is 29.3 Å². The summed E-state index contributed by atoms with van der Waals surface area (Å²) < 4.78 is 7.45. The number of quaternary nitrogens is 1. The zero-order chi connectivity index (χ0) is 26.0. The van der Waals surface area contributed by atoms with Gasteiger partial charge in [-0.2, -0.15) is 0 Å². The van der Waals surface area contributed by atoms with Crippen LogP contribution < -0.4 is 0 Å². The fourth-order valence-electron chi connectivity index (χ4n) is 11.5. The summed E-state index contributed by atoms with van der Waals surface area (Å²) in [5, 5.41) is 11.2. The molecule has 5 heteroatoms. The van der Waals surface area contributed by atoms with E-state index in [1.807, 2.05) is 0 Å². The van der Waals surface area contributed by atoms with Crippen LogP contribution in [0.3, 0.4) is 0 Å². The van der Waals surface area contributed by atoms with Gasteiger partial charge in [0.05, 0.1) is 25.7 Å². The SMILES string of the molecule is C=CC[N+]1(C2CC3C4CCC5C[C@H](O)C(N6CCCC6)C[C@]5(C)C4CC[C@]3(C)[C@H]2OC(C)=O)CCCC1. The zero-order valence-electron chi connectivity index (χ0n) is 23.9. The number of hydrogen-bond acceptors (Lipinski definition) is 4. The largest absolute Gasteiger partial charge is 0.456 e. The molecule has 4 aliphatic carbocycles. The van der Waals surface area contributed by atoms with E-state index < -0.39 is 0 Å². The van der Waals surface area contributed by atoms with Gasteiger partial charge in [0.1, 0.15) is 6.04 Å². The highest BCUT2D eigenvalue weighted by Gasteiger charge is 2.67. The predicted molar refractivity (Wildman–Crippen MR) is 147 cm³/mol. The summed E-state index contributed by atoms with van der Waals surface area (Å²) in [7, 11) is 0. The van der Waals surface area contributed by atoms with Crippen LogP contribution in [0.15, 0.2) is 12.7 Å². The summed E-state index contributed by atoms with van der Waals surface area (Å²) in [5.74, 6) is 2.66. The molecule has 0 aromatic rings. The summed E-state index contributed by atoms with van der Waals surface area (Å²) in [6, 6.07) is 0.765. The lowest BCUT2D eigenvalue weighted by atomic mass is 9.44. The van der Waals surface area contributed by atoms with Gasteiger partial charge < -0.3 is 14.3 Å². The first kappa shape index (κ1) is 26.3. The lowest BCUT2D eigenvalue weighted by Crippen LogP contribution is -2.60. The van der Waals surface area contributed by atoms with Gasteiger partial charge in [-0.1, -0.05) is 20.4 Å². The normalized spacial score (nSPS) is 49.2. The van der Waals surface area contributed by atoms with Gasteiger partial charge in [0.25, 0.3) is 0 Å². The molecule has 6 aliphatic rings. The van der Waals surface area contributed by atoms with Gasteiger partial charge in [-0.3, -0.25) is 9.69 Å². The molecule has 37 heavy (non-hydrogen) atoms. The van der Waals surface area contributed by atoms with E-state index in [4.69, 9.17) is 4.74 Å². The number of aliphatic hydroxyl groups excluding tert-OH is 1. The van der Waals surface area contributed by atoms with E-state index in [9.17, 15) is 9.90 Å². The summed E-state index contributed by atoms with van der Waals surface area (Å²) in [6.45, 7) is 16.7. The van der Waals surface area contributed by atoms with E-state index in [1.54, 1.807) is 6.92 Å². The number of nitrogens with zero attached hydrogens (tertiary/aromatic N) is 2. The minimum atomic E-state index is -0.149. The van der Waals surface area contributed by atoms with Gasteiger partial charge >= 0.3 is 5.97 Å². The fourth-order valence-corrected chi connectivity index (χ4v) is 11.5.